The molecule has 1 aromatic carbocycles. The topological polar surface area (TPSA) is 52.4 Å². The maximum Gasteiger partial charge on any atom is 0.406 e. The first-order valence-electron chi connectivity index (χ1n) is 8.15. The molecule has 2 aromatic rings. The van der Waals surface area contributed by atoms with Crippen LogP contribution in [0.25, 0.3) is 0 Å². The predicted molar refractivity (Wildman–Crippen MR) is 99.4 cm³/mol. The van der Waals surface area contributed by atoms with Crippen molar-refractivity contribution in [2.75, 3.05) is 38.3 Å². The van der Waals surface area contributed by atoms with Gasteiger partial charge in [0.2, 0.25) is 5.95 Å². The first-order valence-corrected chi connectivity index (χ1v) is 9.93. The molecule has 0 aliphatic carbocycles. The summed E-state index contributed by atoms with van der Waals surface area (Å²) in [4.78, 5) is 1.77. The summed E-state index contributed by atoms with van der Waals surface area (Å²) in [6, 6.07) is 5.52. The van der Waals surface area contributed by atoms with Gasteiger partial charge in [-0.3, -0.25) is 4.57 Å². The van der Waals surface area contributed by atoms with Crippen LogP contribution in [0, 0.1) is 0 Å². The first kappa shape index (κ1) is 20.3. The number of hydrogen-bond donors (Lipinski definition) is 0. The van der Waals surface area contributed by atoms with Crippen LogP contribution in [0.5, 0.6) is 5.75 Å². The molecular formula is C16H18BrF3N4O2S. The van der Waals surface area contributed by atoms with E-state index in [4.69, 9.17) is 9.47 Å². The molecule has 148 valence electrons. The number of alkyl halides is 3. The van der Waals surface area contributed by atoms with E-state index in [1.165, 1.54) is 11.8 Å². The summed E-state index contributed by atoms with van der Waals surface area (Å²) in [5, 5.41) is 8.25. The number of ether oxygens (including phenoxy) is 2. The summed E-state index contributed by atoms with van der Waals surface area (Å²) in [5.74, 6) is 1.29. The number of halogens is 4. The number of rotatable bonds is 6. The molecule has 0 radical (unpaired) electrons. The molecule has 0 spiro atoms. The van der Waals surface area contributed by atoms with Crippen LogP contribution in [0.15, 0.2) is 27.8 Å². The zero-order valence-electron chi connectivity index (χ0n) is 14.5. The third kappa shape index (κ3) is 5.29. The molecule has 6 nitrogen and oxygen atoms in total. The number of benzene rings is 1. The number of nitrogens with zero attached hydrogens (tertiary/aromatic N) is 4. The van der Waals surface area contributed by atoms with Crippen molar-refractivity contribution in [2.24, 2.45) is 0 Å². The SMILES string of the molecule is COc1ccc(Br)cc1CSc1nnc(N2CCOCC2)n1CC(F)(F)F. The van der Waals surface area contributed by atoms with Gasteiger partial charge in [0.15, 0.2) is 5.16 Å². The molecule has 0 bridgehead atoms. The van der Waals surface area contributed by atoms with E-state index in [0.29, 0.717) is 37.8 Å². The maximum absolute atomic E-state index is 13.1. The highest BCUT2D eigenvalue weighted by Crippen LogP contribution is 2.32. The third-order valence-electron chi connectivity index (χ3n) is 3.93. The Morgan fingerprint density at radius 3 is 2.67 bits per heavy atom. The van der Waals surface area contributed by atoms with Gasteiger partial charge >= 0.3 is 6.18 Å². The third-order valence-corrected chi connectivity index (χ3v) is 5.44. The molecule has 3 rings (SSSR count). The van der Waals surface area contributed by atoms with Gasteiger partial charge < -0.3 is 14.4 Å². The Morgan fingerprint density at radius 2 is 2.00 bits per heavy atom. The predicted octanol–water partition coefficient (Wildman–Crippen LogP) is 3.74. The van der Waals surface area contributed by atoms with Crippen molar-refractivity contribution >= 4 is 33.6 Å². The molecule has 0 amide bonds. The Bertz CT molecular complexity index is 782. The van der Waals surface area contributed by atoms with Gasteiger partial charge in [0, 0.05) is 28.9 Å². The number of aromatic nitrogens is 3. The standard InChI is InChI=1S/C16H18BrF3N4O2S/c1-25-13-3-2-12(17)8-11(13)9-27-15-22-21-14(23-4-6-26-7-5-23)24(15)10-16(18,19)20/h2-3,8H,4-7,9-10H2,1H3. The first-order chi connectivity index (χ1) is 12.9. The molecule has 1 aliphatic heterocycles. The largest absolute Gasteiger partial charge is 0.496 e. The van der Waals surface area contributed by atoms with E-state index in [0.717, 1.165) is 14.6 Å². The monoisotopic (exact) mass is 466 g/mol. The highest BCUT2D eigenvalue weighted by molar-refractivity contribution is 9.10. The lowest BCUT2D eigenvalue weighted by atomic mass is 10.2. The number of methoxy groups -OCH3 is 1. The fraction of sp³-hybridized carbons (Fsp3) is 0.500. The average Bonchev–Trinajstić information content (AvgIpc) is 3.01. The van der Waals surface area contributed by atoms with Crippen LogP contribution in [0.1, 0.15) is 5.56 Å². The molecule has 0 N–H and O–H groups in total. The van der Waals surface area contributed by atoms with Gasteiger partial charge in [0.1, 0.15) is 12.3 Å². The van der Waals surface area contributed by atoms with Crippen molar-refractivity contribution in [3.05, 3.63) is 28.2 Å². The second kappa shape index (κ2) is 8.70. The van der Waals surface area contributed by atoms with Crippen LogP contribution >= 0.6 is 27.7 Å². The Balaban J connectivity index is 1.84. The molecule has 1 fully saturated rings. The van der Waals surface area contributed by atoms with E-state index in [2.05, 4.69) is 26.1 Å². The van der Waals surface area contributed by atoms with Gasteiger partial charge in [-0.25, -0.2) is 0 Å². The fourth-order valence-corrected chi connectivity index (χ4v) is 4.02. The second-order valence-corrected chi connectivity index (χ2v) is 7.69. The summed E-state index contributed by atoms with van der Waals surface area (Å²) < 4.78 is 52.0. The van der Waals surface area contributed by atoms with Gasteiger partial charge in [-0.2, -0.15) is 13.2 Å². The minimum absolute atomic E-state index is 0.218. The van der Waals surface area contributed by atoms with Crippen molar-refractivity contribution in [1.82, 2.24) is 14.8 Å². The van der Waals surface area contributed by atoms with Crippen LogP contribution in [-0.4, -0.2) is 54.4 Å². The highest BCUT2D eigenvalue weighted by atomic mass is 79.9. The summed E-state index contributed by atoms with van der Waals surface area (Å²) in [6.45, 7) is 0.748. The van der Waals surface area contributed by atoms with Crippen LogP contribution in [0.3, 0.4) is 0 Å². The van der Waals surface area contributed by atoms with Gasteiger partial charge in [-0.05, 0) is 18.2 Å². The lowest BCUT2D eigenvalue weighted by Crippen LogP contribution is -2.38. The van der Waals surface area contributed by atoms with Crippen molar-refractivity contribution in [3.8, 4) is 5.75 Å². The number of thioether (sulfide) groups is 1. The van der Waals surface area contributed by atoms with Crippen LogP contribution in [0.4, 0.5) is 19.1 Å². The van der Waals surface area contributed by atoms with Gasteiger partial charge in [0.25, 0.3) is 0 Å². The Labute approximate surface area is 167 Å². The van der Waals surface area contributed by atoms with E-state index in [1.807, 2.05) is 12.1 Å². The summed E-state index contributed by atoms with van der Waals surface area (Å²) in [6.07, 6.45) is -4.37. The molecule has 0 atom stereocenters. The van der Waals surface area contributed by atoms with Crippen LogP contribution < -0.4 is 9.64 Å². The van der Waals surface area contributed by atoms with E-state index in [1.54, 1.807) is 18.1 Å². The molecule has 1 aromatic heterocycles. The molecule has 0 saturated carbocycles. The normalized spacial score (nSPS) is 15.2. The number of anilines is 1. The minimum atomic E-state index is -4.37. The van der Waals surface area contributed by atoms with E-state index in [9.17, 15) is 13.2 Å². The van der Waals surface area contributed by atoms with Crippen molar-refractivity contribution < 1.29 is 22.6 Å². The quantitative estimate of drug-likeness (QED) is 0.604. The summed E-state index contributed by atoms with van der Waals surface area (Å²) in [5.41, 5.74) is 0.853. The lowest BCUT2D eigenvalue weighted by molar-refractivity contribution is -0.141. The molecule has 0 unspecified atom stereocenters. The second-order valence-electron chi connectivity index (χ2n) is 5.83. The van der Waals surface area contributed by atoms with Gasteiger partial charge in [0.05, 0.1) is 20.3 Å². The highest BCUT2D eigenvalue weighted by Gasteiger charge is 2.32. The van der Waals surface area contributed by atoms with Crippen molar-refractivity contribution in [3.63, 3.8) is 0 Å². The van der Waals surface area contributed by atoms with Gasteiger partial charge in [-0.15, -0.1) is 10.2 Å². The molecule has 11 heteroatoms. The number of morpholine rings is 1. The Kier molecular flexibility index (Phi) is 6.53. The zero-order valence-corrected chi connectivity index (χ0v) is 16.9. The maximum atomic E-state index is 13.1. The molecule has 1 saturated heterocycles. The minimum Gasteiger partial charge on any atom is -0.496 e. The van der Waals surface area contributed by atoms with E-state index < -0.39 is 12.7 Å². The average molecular weight is 467 g/mol. The zero-order chi connectivity index (χ0) is 19.4. The molecular weight excluding hydrogens is 449 g/mol. The molecule has 27 heavy (non-hydrogen) atoms. The smallest absolute Gasteiger partial charge is 0.406 e. The van der Waals surface area contributed by atoms with Crippen molar-refractivity contribution in [2.45, 2.75) is 23.6 Å². The molecule has 2 heterocycles. The van der Waals surface area contributed by atoms with Gasteiger partial charge in [-0.1, -0.05) is 27.7 Å². The lowest BCUT2D eigenvalue weighted by Gasteiger charge is -2.28. The van der Waals surface area contributed by atoms with Crippen LogP contribution in [-0.2, 0) is 17.0 Å². The van der Waals surface area contributed by atoms with Crippen LogP contribution in [0.2, 0.25) is 0 Å². The summed E-state index contributed by atoms with van der Waals surface area (Å²) in [7, 11) is 1.56. The fourth-order valence-electron chi connectivity index (χ4n) is 2.70. The number of hydrogen-bond acceptors (Lipinski definition) is 6. The van der Waals surface area contributed by atoms with Crippen molar-refractivity contribution in [1.29, 1.82) is 0 Å². The Hall–Kier alpha value is -1.46. The molecule has 1 aliphatic rings. The van der Waals surface area contributed by atoms with E-state index >= 15 is 0 Å². The van der Waals surface area contributed by atoms with E-state index in [-0.39, 0.29) is 11.1 Å². The summed E-state index contributed by atoms with van der Waals surface area (Å²) >= 11 is 4.59. The Morgan fingerprint density at radius 1 is 1.26 bits per heavy atom.